The number of rotatable bonds is 2. The van der Waals surface area contributed by atoms with Gasteiger partial charge >= 0.3 is 71.6 Å². The van der Waals surface area contributed by atoms with E-state index < -0.39 is 12.1 Å². The third-order valence-corrected chi connectivity index (χ3v) is 3.02. The minimum absolute atomic E-state index is 0.0930. The van der Waals surface area contributed by atoms with Crippen LogP contribution in [0, 0.1) is 6.92 Å². The van der Waals surface area contributed by atoms with Crippen LogP contribution in [-0.4, -0.2) is 32.8 Å². The van der Waals surface area contributed by atoms with E-state index in [4.69, 9.17) is 13.4 Å². The van der Waals surface area contributed by atoms with Crippen molar-refractivity contribution in [2.45, 2.75) is 26.4 Å². The Kier molecular flexibility index (Phi) is 6.12. The average Bonchev–Trinajstić information content (AvgIpc) is 2.49. The topological polar surface area (TPSA) is 68.5 Å². The maximum atomic E-state index is 10.6. The second-order valence-corrected chi connectivity index (χ2v) is 4.85. The molecule has 0 unspecified atom stereocenters. The van der Waals surface area contributed by atoms with Gasteiger partial charge in [0.25, 0.3) is 0 Å². The fraction of sp³-hybridized carbons (Fsp3) is 0.444. The zero-order chi connectivity index (χ0) is 13.6. The summed E-state index contributed by atoms with van der Waals surface area (Å²) >= 11 is 0.0930. The van der Waals surface area contributed by atoms with Crippen molar-refractivity contribution in [3.05, 3.63) is 16.3 Å². The Balaban J connectivity index is 0.000000325. The Labute approximate surface area is 101 Å². The summed E-state index contributed by atoms with van der Waals surface area (Å²) in [5.41, 5.74) is 0. The molecule has 96 valence electrons. The zero-order valence-corrected chi connectivity index (χ0v) is 10.7. The van der Waals surface area contributed by atoms with Gasteiger partial charge in [-0.1, -0.05) is 0 Å². The van der Waals surface area contributed by atoms with E-state index in [2.05, 4.69) is 0 Å². The molecule has 0 aliphatic heterocycles. The molecule has 0 saturated heterocycles. The molecular weight excluding hydrogens is 308 g/mol. The number of aliphatic carboxylic acids is 1. The van der Waals surface area contributed by atoms with E-state index in [9.17, 15) is 18.0 Å². The molecule has 0 fully saturated rings. The minimum Gasteiger partial charge on any atom is -0.542 e. The van der Waals surface area contributed by atoms with Gasteiger partial charge in [0.05, 0.1) is 0 Å². The standard InChI is InChI=1S/C7H9O2Se.C2HF3O2/c1-5(8)3-7-4-6(2)9-10-7;3-2(4,5)1(6)7/h4H,3H2,1-2H3;(H,6,7)/q+1;/p-1. The fourth-order valence-corrected chi connectivity index (χ4v) is 2.32. The van der Waals surface area contributed by atoms with Gasteiger partial charge in [0.15, 0.2) is 0 Å². The van der Waals surface area contributed by atoms with E-state index in [0.29, 0.717) is 6.42 Å². The number of carbonyl (C=O) groups excluding carboxylic acids is 2. The molecule has 1 heterocycles. The fourth-order valence-electron chi connectivity index (χ4n) is 0.720. The molecule has 0 spiro atoms. The number of carboxylic acids is 1. The van der Waals surface area contributed by atoms with E-state index in [-0.39, 0.29) is 20.6 Å². The van der Waals surface area contributed by atoms with Gasteiger partial charge in [-0.25, -0.2) is 0 Å². The summed E-state index contributed by atoms with van der Waals surface area (Å²) in [7, 11) is 0. The maximum Gasteiger partial charge on any atom is 0.430 e. The third-order valence-electron chi connectivity index (χ3n) is 1.30. The van der Waals surface area contributed by atoms with Crippen LogP contribution in [-0.2, 0) is 16.0 Å². The van der Waals surface area contributed by atoms with Gasteiger partial charge < -0.3 is 9.90 Å². The van der Waals surface area contributed by atoms with Crippen molar-refractivity contribution in [2.75, 3.05) is 0 Å². The van der Waals surface area contributed by atoms with E-state index >= 15 is 0 Å². The van der Waals surface area contributed by atoms with Crippen LogP contribution in [0.25, 0.3) is 0 Å². The molecule has 0 bridgehead atoms. The summed E-state index contributed by atoms with van der Waals surface area (Å²) in [4.78, 5) is 19.4. The molecule has 4 nitrogen and oxygen atoms in total. The van der Waals surface area contributed by atoms with Crippen LogP contribution in [0.5, 0.6) is 0 Å². The van der Waals surface area contributed by atoms with Crippen molar-refractivity contribution in [1.82, 2.24) is 0 Å². The predicted octanol–water partition coefficient (Wildman–Crippen LogP) is 0.356. The van der Waals surface area contributed by atoms with Gasteiger partial charge in [-0.2, -0.15) is 13.2 Å². The first-order valence-corrected chi connectivity index (χ1v) is 5.84. The second-order valence-electron chi connectivity index (χ2n) is 3.05. The molecule has 1 rings (SSSR count). The number of halogens is 3. The average molecular weight is 317 g/mol. The Hall–Kier alpha value is -1.14. The van der Waals surface area contributed by atoms with Gasteiger partial charge in [-0.05, 0) is 0 Å². The van der Waals surface area contributed by atoms with Crippen LogP contribution in [0.1, 0.15) is 17.1 Å². The van der Waals surface area contributed by atoms with Crippen LogP contribution in [0.3, 0.4) is 0 Å². The number of hydrogen-bond donors (Lipinski definition) is 0. The minimum atomic E-state index is -5.19. The monoisotopic (exact) mass is 318 g/mol. The quantitative estimate of drug-likeness (QED) is 0.583. The van der Waals surface area contributed by atoms with E-state index in [0.717, 1.165) is 10.2 Å². The summed E-state index contributed by atoms with van der Waals surface area (Å²) in [6.45, 7) is 3.51. The SMILES string of the molecule is CC(=O)Cc1cc(C)[o+][se]1.O=C([O-])C(F)(F)F. The smallest absolute Gasteiger partial charge is 0.430 e. The van der Waals surface area contributed by atoms with Crippen LogP contribution in [0.4, 0.5) is 13.2 Å². The number of ketones is 1. The van der Waals surface area contributed by atoms with Crippen molar-refractivity contribution in [1.29, 1.82) is 0 Å². The molecule has 1 aromatic heterocycles. The van der Waals surface area contributed by atoms with Crippen LogP contribution in [0.15, 0.2) is 9.55 Å². The molecule has 0 aromatic carbocycles. The zero-order valence-electron chi connectivity index (χ0n) is 8.96. The summed E-state index contributed by atoms with van der Waals surface area (Å²) in [5, 5.41) is 8.78. The summed E-state index contributed by atoms with van der Waals surface area (Å²) in [6, 6.07) is 1.96. The van der Waals surface area contributed by atoms with Gasteiger partial charge in [-0.3, -0.25) is 0 Å². The van der Waals surface area contributed by atoms with Crippen molar-refractivity contribution in [3.63, 3.8) is 0 Å². The summed E-state index contributed by atoms with van der Waals surface area (Å²) < 4.78 is 37.9. The Morgan fingerprint density at radius 1 is 1.47 bits per heavy atom. The van der Waals surface area contributed by atoms with E-state index in [1.165, 1.54) is 0 Å². The number of hydrogen-bond acceptors (Lipinski definition) is 3. The van der Waals surface area contributed by atoms with Gasteiger partial charge in [-0.15, -0.1) is 0 Å². The third kappa shape index (κ3) is 7.70. The van der Waals surface area contributed by atoms with E-state index in [1.807, 2.05) is 13.0 Å². The molecule has 0 amide bonds. The van der Waals surface area contributed by atoms with Crippen molar-refractivity contribution in [2.24, 2.45) is 0 Å². The molecule has 0 N–H and O–H groups in total. The van der Waals surface area contributed by atoms with E-state index in [1.54, 1.807) is 6.92 Å². The first-order valence-electron chi connectivity index (χ1n) is 4.29. The van der Waals surface area contributed by atoms with Crippen LogP contribution < -0.4 is 5.11 Å². The summed E-state index contributed by atoms with van der Waals surface area (Å²) in [6.07, 6.45) is -4.63. The molecule has 1 aromatic rings. The largest absolute Gasteiger partial charge is 0.542 e. The molecule has 0 aliphatic carbocycles. The molecular formula is C9H9F3O4Se. The molecule has 0 atom stereocenters. The van der Waals surface area contributed by atoms with Crippen molar-refractivity contribution in [3.8, 4) is 0 Å². The normalized spacial score (nSPS) is 10.4. The molecule has 0 saturated carbocycles. The first-order chi connectivity index (χ1) is 7.62. The number of carboxylic acid groups (broad SMARTS) is 1. The predicted molar refractivity (Wildman–Crippen MR) is 50.2 cm³/mol. The van der Waals surface area contributed by atoms with Gasteiger partial charge in [0.1, 0.15) is 5.97 Å². The maximum absolute atomic E-state index is 10.6. The summed E-state index contributed by atoms with van der Waals surface area (Å²) in [5.74, 6) is -1.85. The number of carbonyl (C=O) groups is 2. The van der Waals surface area contributed by atoms with Crippen LogP contribution in [0.2, 0.25) is 0 Å². The first kappa shape index (κ1) is 15.9. The second kappa shape index (κ2) is 6.56. The molecule has 8 heteroatoms. The van der Waals surface area contributed by atoms with Gasteiger partial charge in [0.2, 0.25) is 0 Å². The number of alkyl halides is 3. The van der Waals surface area contributed by atoms with Crippen molar-refractivity contribution >= 4 is 26.6 Å². The molecule has 0 aliphatic rings. The Morgan fingerprint density at radius 2 is 1.94 bits per heavy atom. The molecule has 0 radical (unpaired) electrons. The van der Waals surface area contributed by atoms with Gasteiger partial charge in [0, 0.05) is 0 Å². The Morgan fingerprint density at radius 3 is 2.18 bits per heavy atom. The Bertz CT molecular complexity index is 397. The molecule has 17 heavy (non-hydrogen) atoms. The van der Waals surface area contributed by atoms with Crippen molar-refractivity contribution < 1.29 is 31.3 Å². The number of aryl methyl sites for hydroxylation is 1. The van der Waals surface area contributed by atoms with Crippen LogP contribution >= 0.6 is 0 Å². The number of Topliss-reactive ketones (excluding diaryl/α,β-unsaturated/α-hetero) is 1.